The number of nitrogens with one attached hydrogen (secondary N) is 1. The van der Waals surface area contributed by atoms with Gasteiger partial charge in [-0.3, -0.25) is 4.79 Å². The van der Waals surface area contributed by atoms with Crippen molar-refractivity contribution in [3.8, 4) is 0 Å². The Morgan fingerprint density at radius 3 is 2.72 bits per heavy atom. The van der Waals surface area contributed by atoms with Gasteiger partial charge in [0.25, 0.3) is 5.91 Å². The molecule has 96 valence electrons. The lowest BCUT2D eigenvalue weighted by Gasteiger charge is -2.17. The fourth-order valence-corrected chi connectivity index (χ4v) is 2.44. The molecule has 1 fully saturated rings. The van der Waals surface area contributed by atoms with Crippen LogP contribution >= 0.6 is 28.1 Å². The molecule has 0 aromatic heterocycles. The van der Waals surface area contributed by atoms with E-state index in [1.54, 1.807) is 6.07 Å². The lowest BCUT2D eigenvalue weighted by atomic mass is 10.1. The Morgan fingerprint density at radius 2 is 2.22 bits per heavy atom. The van der Waals surface area contributed by atoms with Gasteiger partial charge in [0.1, 0.15) is 0 Å². The average molecular weight is 327 g/mol. The van der Waals surface area contributed by atoms with E-state index in [-0.39, 0.29) is 11.9 Å². The molecule has 5 heteroatoms. The second-order valence-corrected chi connectivity index (χ2v) is 5.98. The van der Waals surface area contributed by atoms with Gasteiger partial charge in [-0.2, -0.15) is 0 Å². The first-order valence-electron chi connectivity index (χ1n) is 5.85. The third kappa shape index (κ3) is 3.09. The highest BCUT2D eigenvalue weighted by molar-refractivity contribution is 9.10. The van der Waals surface area contributed by atoms with Crippen LogP contribution in [-0.2, 0) is 0 Å². The van der Waals surface area contributed by atoms with Crippen molar-refractivity contribution >= 4 is 39.0 Å². The van der Waals surface area contributed by atoms with E-state index >= 15 is 0 Å². The molecule has 0 aliphatic heterocycles. The van der Waals surface area contributed by atoms with Crippen LogP contribution in [0.5, 0.6) is 0 Å². The predicted molar refractivity (Wildman–Crippen MR) is 79.6 cm³/mol. The summed E-state index contributed by atoms with van der Waals surface area (Å²) in [7, 11) is 0. The van der Waals surface area contributed by atoms with Crippen molar-refractivity contribution < 1.29 is 4.79 Å². The third-order valence-corrected chi connectivity index (χ3v) is 4.23. The standard InChI is InChI=1S/C13H15BrN2OS/c1-7-2-3-9(6-10(7)14)13(17)16-11(12(15)18)8-4-5-8/h2-3,6,8,11H,4-5H2,1H3,(H2,15,18)(H,16,17). The minimum absolute atomic E-state index is 0.125. The lowest BCUT2D eigenvalue weighted by molar-refractivity contribution is 0.0943. The highest BCUT2D eigenvalue weighted by atomic mass is 79.9. The van der Waals surface area contributed by atoms with Gasteiger partial charge in [-0.1, -0.05) is 34.2 Å². The number of benzene rings is 1. The minimum atomic E-state index is -0.174. The molecule has 1 amide bonds. The van der Waals surface area contributed by atoms with E-state index in [0.717, 1.165) is 22.9 Å². The summed E-state index contributed by atoms with van der Waals surface area (Å²) in [5.41, 5.74) is 7.38. The van der Waals surface area contributed by atoms with Crippen molar-refractivity contribution in [3.63, 3.8) is 0 Å². The first-order valence-corrected chi connectivity index (χ1v) is 7.05. The van der Waals surface area contributed by atoms with E-state index in [1.165, 1.54) is 0 Å². The molecule has 2 rings (SSSR count). The molecule has 1 aromatic rings. The number of aryl methyl sites for hydroxylation is 1. The molecule has 1 saturated carbocycles. The topological polar surface area (TPSA) is 55.1 Å². The van der Waals surface area contributed by atoms with Crippen LogP contribution in [-0.4, -0.2) is 16.9 Å². The number of nitrogens with two attached hydrogens (primary N) is 1. The number of hydrogen-bond acceptors (Lipinski definition) is 2. The minimum Gasteiger partial charge on any atom is -0.392 e. The zero-order chi connectivity index (χ0) is 13.3. The maximum Gasteiger partial charge on any atom is 0.251 e. The van der Waals surface area contributed by atoms with E-state index in [1.807, 2.05) is 19.1 Å². The molecule has 1 unspecified atom stereocenters. The van der Waals surface area contributed by atoms with Gasteiger partial charge in [0.2, 0.25) is 0 Å². The monoisotopic (exact) mass is 326 g/mol. The highest BCUT2D eigenvalue weighted by Crippen LogP contribution is 2.33. The number of thiocarbonyl (C=S) groups is 1. The zero-order valence-corrected chi connectivity index (χ0v) is 12.5. The number of halogens is 1. The van der Waals surface area contributed by atoms with Gasteiger partial charge in [-0.05, 0) is 43.4 Å². The van der Waals surface area contributed by atoms with Crippen molar-refractivity contribution in [2.75, 3.05) is 0 Å². The smallest absolute Gasteiger partial charge is 0.251 e. The summed E-state index contributed by atoms with van der Waals surface area (Å²) in [4.78, 5) is 12.5. The van der Waals surface area contributed by atoms with Gasteiger partial charge in [0.05, 0.1) is 11.0 Å². The van der Waals surface area contributed by atoms with Crippen LogP contribution < -0.4 is 11.1 Å². The maximum atomic E-state index is 12.1. The molecule has 1 aliphatic rings. The third-order valence-electron chi connectivity index (χ3n) is 3.12. The SMILES string of the molecule is Cc1ccc(C(=O)NC(C(N)=S)C2CC2)cc1Br. The van der Waals surface area contributed by atoms with Crippen molar-refractivity contribution in [2.45, 2.75) is 25.8 Å². The average Bonchev–Trinajstić information content (AvgIpc) is 3.13. The second kappa shape index (κ2) is 5.36. The first kappa shape index (κ1) is 13.5. The second-order valence-electron chi connectivity index (χ2n) is 4.65. The largest absolute Gasteiger partial charge is 0.392 e. The van der Waals surface area contributed by atoms with Gasteiger partial charge in [-0.15, -0.1) is 0 Å². The van der Waals surface area contributed by atoms with E-state index in [2.05, 4.69) is 21.2 Å². The van der Waals surface area contributed by atoms with Gasteiger partial charge < -0.3 is 11.1 Å². The summed E-state index contributed by atoms with van der Waals surface area (Å²) in [6.07, 6.45) is 2.17. The molecule has 1 aromatic carbocycles. The van der Waals surface area contributed by atoms with E-state index < -0.39 is 0 Å². The Bertz CT molecular complexity index is 500. The Hall–Kier alpha value is -0.940. The Kier molecular flexibility index (Phi) is 4.02. The zero-order valence-electron chi connectivity index (χ0n) is 10.1. The Labute approximate surface area is 120 Å². The maximum absolute atomic E-state index is 12.1. The number of amides is 1. The fraction of sp³-hybridized carbons (Fsp3) is 0.385. The molecule has 0 bridgehead atoms. The Morgan fingerprint density at radius 1 is 1.56 bits per heavy atom. The van der Waals surface area contributed by atoms with Crippen LogP contribution in [0.3, 0.4) is 0 Å². The van der Waals surface area contributed by atoms with Crippen molar-refractivity contribution in [2.24, 2.45) is 11.7 Å². The fourth-order valence-electron chi connectivity index (χ4n) is 1.81. The van der Waals surface area contributed by atoms with E-state index in [4.69, 9.17) is 18.0 Å². The molecule has 1 atom stereocenters. The summed E-state index contributed by atoms with van der Waals surface area (Å²) in [6.45, 7) is 1.98. The molecule has 3 nitrogen and oxygen atoms in total. The van der Waals surface area contributed by atoms with Gasteiger partial charge >= 0.3 is 0 Å². The van der Waals surface area contributed by atoms with Gasteiger partial charge in [0.15, 0.2) is 0 Å². The predicted octanol–water partition coefficient (Wildman–Crippen LogP) is 2.55. The number of rotatable bonds is 4. The number of hydrogen-bond donors (Lipinski definition) is 2. The van der Waals surface area contributed by atoms with Gasteiger partial charge in [-0.25, -0.2) is 0 Å². The summed E-state index contributed by atoms with van der Waals surface area (Å²) in [6, 6.07) is 5.35. The van der Waals surface area contributed by atoms with Crippen LogP contribution in [0.1, 0.15) is 28.8 Å². The van der Waals surface area contributed by atoms with Crippen LogP contribution in [0.4, 0.5) is 0 Å². The van der Waals surface area contributed by atoms with Crippen molar-refractivity contribution in [1.29, 1.82) is 0 Å². The molecule has 0 radical (unpaired) electrons. The van der Waals surface area contributed by atoms with E-state index in [9.17, 15) is 4.79 Å². The van der Waals surface area contributed by atoms with Crippen LogP contribution in [0.2, 0.25) is 0 Å². The first-order chi connectivity index (χ1) is 8.49. The summed E-state index contributed by atoms with van der Waals surface area (Å²) in [5.74, 6) is 0.292. The quantitative estimate of drug-likeness (QED) is 0.836. The molecule has 3 N–H and O–H groups in total. The normalized spacial score (nSPS) is 16.1. The van der Waals surface area contributed by atoms with Crippen molar-refractivity contribution in [1.82, 2.24) is 5.32 Å². The molecule has 0 spiro atoms. The van der Waals surface area contributed by atoms with Gasteiger partial charge in [0, 0.05) is 10.0 Å². The Balaban J connectivity index is 2.10. The van der Waals surface area contributed by atoms with Crippen LogP contribution in [0, 0.1) is 12.8 Å². The summed E-state index contributed by atoms with van der Waals surface area (Å²) < 4.78 is 0.924. The molecular formula is C13H15BrN2OS. The summed E-state index contributed by atoms with van der Waals surface area (Å²) in [5, 5.41) is 2.92. The lowest BCUT2D eigenvalue weighted by Crippen LogP contribution is -2.45. The highest BCUT2D eigenvalue weighted by Gasteiger charge is 2.34. The number of carbonyl (C=O) groups excluding carboxylic acids is 1. The molecule has 1 aliphatic carbocycles. The molecule has 0 saturated heterocycles. The molecule has 18 heavy (non-hydrogen) atoms. The molecular weight excluding hydrogens is 312 g/mol. The molecule has 0 heterocycles. The van der Waals surface area contributed by atoms with Crippen molar-refractivity contribution in [3.05, 3.63) is 33.8 Å². The van der Waals surface area contributed by atoms with Crippen LogP contribution in [0.15, 0.2) is 22.7 Å². The van der Waals surface area contributed by atoms with Crippen LogP contribution in [0.25, 0.3) is 0 Å². The summed E-state index contributed by atoms with van der Waals surface area (Å²) >= 11 is 8.42. The van der Waals surface area contributed by atoms with E-state index in [0.29, 0.717) is 16.5 Å². The number of carbonyl (C=O) groups is 1.